The van der Waals surface area contributed by atoms with Crippen molar-refractivity contribution in [3.8, 4) is 0 Å². The summed E-state index contributed by atoms with van der Waals surface area (Å²) in [6.07, 6.45) is 0.959. The molecule has 1 fully saturated rings. The third-order valence-electron chi connectivity index (χ3n) is 2.71. The van der Waals surface area contributed by atoms with Crippen LogP contribution in [0.1, 0.15) is 19.2 Å². The van der Waals surface area contributed by atoms with Gasteiger partial charge in [-0.25, -0.2) is 9.97 Å². The number of rotatable bonds is 2. The normalized spacial score (nSPS) is 19.5. The van der Waals surface area contributed by atoms with E-state index in [9.17, 15) is 4.79 Å². The highest BCUT2D eigenvalue weighted by atomic mass is 79.9. The fourth-order valence-electron chi connectivity index (χ4n) is 2.05. The molecule has 0 saturated carbocycles. The topological polar surface area (TPSA) is 58.1 Å². The van der Waals surface area contributed by atoms with Crippen LogP contribution in [0.25, 0.3) is 0 Å². The Morgan fingerprint density at radius 2 is 2.35 bits per heavy atom. The molecule has 2 rings (SSSR count). The first-order valence-electron chi connectivity index (χ1n) is 5.58. The first kappa shape index (κ1) is 12.3. The van der Waals surface area contributed by atoms with Gasteiger partial charge in [0.2, 0.25) is 5.91 Å². The fraction of sp³-hybridized carbons (Fsp3) is 0.545. The van der Waals surface area contributed by atoms with Gasteiger partial charge in [0.1, 0.15) is 16.2 Å². The average Bonchev–Trinajstić information content (AvgIpc) is 2.63. The van der Waals surface area contributed by atoms with Crippen LogP contribution in [0, 0.1) is 6.92 Å². The van der Waals surface area contributed by atoms with Gasteiger partial charge in [0, 0.05) is 32.1 Å². The second-order valence-corrected chi connectivity index (χ2v) is 5.04. The minimum Gasteiger partial charge on any atom is -0.354 e. The Hall–Kier alpha value is -1.17. The standard InChI is InChI=1S/C11H15BrN4O/c1-7-13-10(12)5-11(14-7)16-4-3-9(6-16)15-8(2)17/h5,9H,3-4,6H2,1-2H3,(H,15,17). The Morgan fingerprint density at radius 1 is 1.59 bits per heavy atom. The lowest BCUT2D eigenvalue weighted by molar-refractivity contribution is -0.119. The lowest BCUT2D eigenvalue weighted by atomic mass is 10.3. The molecule has 1 atom stereocenters. The number of aryl methyl sites for hydroxylation is 1. The van der Waals surface area contributed by atoms with Crippen molar-refractivity contribution in [2.45, 2.75) is 26.3 Å². The Labute approximate surface area is 109 Å². The molecule has 1 N–H and O–H groups in total. The SMILES string of the molecule is CC(=O)NC1CCN(c2cc(Br)nc(C)n2)C1. The summed E-state index contributed by atoms with van der Waals surface area (Å²) < 4.78 is 0.794. The molecule has 1 aliphatic rings. The van der Waals surface area contributed by atoms with E-state index in [1.54, 1.807) is 6.92 Å². The highest BCUT2D eigenvalue weighted by Gasteiger charge is 2.24. The number of halogens is 1. The number of anilines is 1. The van der Waals surface area contributed by atoms with Crippen molar-refractivity contribution in [2.75, 3.05) is 18.0 Å². The van der Waals surface area contributed by atoms with Crippen LogP contribution < -0.4 is 10.2 Å². The molecule has 1 aliphatic heterocycles. The van der Waals surface area contributed by atoms with Gasteiger partial charge in [0.05, 0.1) is 0 Å². The maximum atomic E-state index is 11.0. The van der Waals surface area contributed by atoms with Crippen molar-refractivity contribution in [2.24, 2.45) is 0 Å². The van der Waals surface area contributed by atoms with Gasteiger partial charge >= 0.3 is 0 Å². The van der Waals surface area contributed by atoms with Crippen LogP contribution in [0.15, 0.2) is 10.7 Å². The van der Waals surface area contributed by atoms with E-state index < -0.39 is 0 Å². The van der Waals surface area contributed by atoms with E-state index in [2.05, 4.69) is 36.1 Å². The molecule has 0 aromatic carbocycles. The van der Waals surface area contributed by atoms with Crippen LogP contribution in [0.2, 0.25) is 0 Å². The molecule has 1 aromatic heterocycles. The smallest absolute Gasteiger partial charge is 0.217 e. The van der Waals surface area contributed by atoms with Gasteiger partial charge in [-0.2, -0.15) is 0 Å². The third-order valence-corrected chi connectivity index (χ3v) is 3.12. The second kappa shape index (κ2) is 5.00. The second-order valence-electron chi connectivity index (χ2n) is 4.23. The lowest BCUT2D eigenvalue weighted by Gasteiger charge is -2.18. The number of hydrogen-bond acceptors (Lipinski definition) is 4. The van der Waals surface area contributed by atoms with Crippen LogP contribution in [-0.4, -0.2) is 35.0 Å². The lowest BCUT2D eigenvalue weighted by Crippen LogP contribution is -2.35. The van der Waals surface area contributed by atoms with Gasteiger partial charge in [0.15, 0.2) is 0 Å². The van der Waals surface area contributed by atoms with E-state index in [0.29, 0.717) is 0 Å². The number of hydrogen-bond donors (Lipinski definition) is 1. The van der Waals surface area contributed by atoms with Crippen LogP contribution in [0.4, 0.5) is 5.82 Å². The first-order valence-corrected chi connectivity index (χ1v) is 6.37. The van der Waals surface area contributed by atoms with E-state index in [4.69, 9.17) is 0 Å². The van der Waals surface area contributed by atoms with Gasteiger partial charge in [-0.1, -0.05) is 0 Å². The number of carbonyl (C=O) groups excluding carboxylic acids is 1. The monoisotopic (exact) mass is 298 g/mol. The third kappa shape index (κ3) is 3.15. The van der Waals surface area contributed by atoms with E-state index in [-0.39, 0.29) is 11.9 Å². The van der Waals surface area contributed by atoms with Crippen molar-refractivity contribution in [1.82, 2.24) is 15.3 Å². The molecule has 0 radical (unpaired) electrons. The maximum absolute atomic E-state index is 11.0. The zero-order valence-corrected chi connectivity index (χ0v) is 11.5. The molecule has 1 amide bonds. The van der Waals surface area contributed by atoms with E-state index in [1.165, 1.54) is 0 Å². The Balaban J connectivity index is 2.07. The molecule has 2 heterocycles. The molecule has 6 heteroatoms. The zero-order chi connectivity index (χ0) is 12.4. The van der Waals surface area contributed by atoms with Gasteiger partial charge in [-0.3, -0.25) is 4.79 Å². The van der Waals surface area contributed by atoms with Crippen LogP contribution >= 0.6 is 15.9 Å². The van der Waals surface area contributed by atoms with Gasteiger partial charge in [0.25, 0.3) is 0 Å². The van der Waals surface area contributed by atoms with Crippen LogP contribution in [0.3, 0.4) is 0 Å². The molecule has 17 heavy (non-hydrogen) atoms. The highest BCUT2D eigenvalue weighted by Crippen LogP contribution is 2.21. The van der Waals surface area contributed by atoms with Gasteiger partial charge in [-0.05, 0) is 29.3 Å². The van der Waals surface area contributed by atoms with Crippen LogP contribution in [-0.2, 0) is 4.79 Å². The summed E-state index contributed by atoms with van der Waals surface area (Å²) in [5, 5.41) is 2.93. The quantitative estimate of drug-likeness (QED) is 0.835. The van der Waals surface area contributed by atoms with Crippen molar-refractivity contribution in [3.05, 3.63) is 16.5 Å². The largest absolute Gasteiger partial charge is 0.354 e. The minimum atomic E-state index is 0.0249. The van der Waals surface area contributed by atoms with Gasteiger partial charge in [-0.15, -0.1) is 0 Å². The maximum Gasteiger partial charge on any atom is 0.217 e. The number of nitrogens with one attached hydrogen (secondary N) is 1. The molecule has 92 valence electrons. The van der Waals surface area contributed by atoms with Gasteiger partial charge < -0.3 is 10.2 Å². The zero-order valence-electron chi connectivity index (χ0n) is 9.90. The molecule has 0 spiro atoms. The molecular formula is C11H15BrN4O. The highest BCUT2D eigenvalue weighted by molar-refractivity contribution is 9.10. The molecule has 1 aromatic rings. The summed E-state index contributed by atoms with van der Waals surface area (Å²) in [6.45, 7) is 5.14. The molecule has 5 nitrogen and oxygen atoms in total. The van der Waals surface area contributed by atoms with Crippen molar-refractivity contribution >= 4 is 27.7 Å². The number of nitrogens with zero attached hydrogens (tertiary/aromatic N) is 3. The predicted octanol–water partition coefficient (Wildman–Crippen LogP) is 1.26. The van der Waals surface area contributed by atoms with Crippen molar-refractivity contribution in [3.63, 3.8) is 0 Å². The van der Waals surface area contributed by atoms with Crippen LogP contribution in [0.5, 0.6) is 0 Å². The Morgan fingerprint density at radius 3 is 3.00 bits per heavy atom. The number of carbonyl (C=O) groups is 1. The molecule has 1 unspecified atom stereocenters. The fourth-order valence-corrected chi connectivity index (χ4v) is 2.51. The summed E-state index contributed by atoms with van der Waals surface area (Å²) in [5.74, 6) is 1.69. The minimum absolute atomic E-state index is 0.0249. The summed E-state index contributed by atoms with van der Waals surface area (Å²) in [4.78, 5) is 21.7. The van der Waals surface area contributed by atoms with Crippen molar-refractivity contribution in [1.29, 1.82) is 0 Å². The number of aromatic nitrogens is 2. The first-order chi connectivity index (χ1) is 8.04. The molecular weight excluding hydrogens is 284 g/mol. The average molecular weight is 299 g/mol. The van der Waals surface area contributed by atoms with Crippen molar-refractivity contribution < 1.29 is 4.79 Å². The van der Waals surface area contributed by atoms with E-state index in [0.717, 1.165) is 35.8 Å². The summed E-state index contributed by atoms with van der Waals surface area (Å²) in [7, 11) is 0. The molecule has 1 saturated heterocycles. The molecule has 0 aliphatic carbocycles. The summed E-state index contributed by atoms with van der Waals surface area (Å²) >= 11 is 3.37. The summed E-state index contributed by atoms with van der Waals surface area (Å²) in [6, 6.07) is 2.13. The van der Waals surface area contributed by atoms with E-state index in [1.807, 2.05) is 13.0 Å². The van der Waals surface area contributed by atoms with E-state index >= 15 is 0 Å². The predicted molar refractivity (Wildman–Crippen MR) is 68.9 cm³/mol. The molecule has 0 bridgehead atoms. The Kier molecular flexibility index (Phi) is 3.61. The Bertz CT molecular complexity index is 417. The summed E-state index contributed by atoms with van der Waals surface area (Å²) in [5.41, 5.74) is 0. The number of amides is 1.